The molecule has 2 aromatic rings. The standard InChI is InChI=1S/C15H14ClNO3S/c1-2-20-15(18)11-3-7-13(8-4-11)17-21(19)14-9-5-12(16)6-10-14/h3-10,17H,2H2,1H3. The fourth-order valence-electron chi connectivity index (χ4n) is 1.61. The van der Waals surface area contributed by atoms with Crippen LogP contribution in [0.5, 0.6) is 0 Å². The number of carbonyl (C=O) groups excluding carboxylic acids is 1. The molecule has 1 atom stereocenters. The van der Waals surface area contributed by atoms with Crippen molar-refractivity contribution in [3.8, 4) is 0 Å². The molecule has 2 aromatic carbocycles. The summed E-state index contributed by atoms with van der Waals surface area (Å²) in [6.07, 6.45) is 0. The Bertz CT molecular complexity index is 641. The minimum absolute atomic E-state index is 0.333. The van der Waals surface area contributed by atoms with Crippen molar-refractivity contribution < 1.29 is 13.7 Å². The maximum Gasteiger partial charge on any atom is 0.338 e. The minimum atomic E-state index is -1.39. The first kappa shape index (κ1) is 15.5. The second kappa shape index (κ2) is 7.24. The topological polar surface area (TPSA) is 55.4 Å². The van der Waals surface area contributed by atoms with Gasteiger partial charge in [0.05, 0.1) is 17.1 Å². The van der Waals surface area contributed by atoms with Crippen LogP contribution in [0.15, 0.2) is 53.4 Å². The van der Waals surface area contributed by atoms with E-state index in [1.807, 2.05) is 0 Å². The minimum Gasteiger partial charge on any atom is -0.462 e. The van der Waals surface area contributed by atoms with Crippen LogP contribution in [-0.2, 0) is 15.7 Å². The molecule has 0 spiro atoms. The first-order chi connectivity index (χ1) is 10.1. The van der Waals surface area contributed by atoms with E-state index in [4.69, 9.17) is 16.3 Å². The van der Waals surface area contributed by atoms with Crippen LogP contribution in [0, 0.1) is 0 Å². The highest BCUT2D eigenvalue weighted by Gasteiger charge is 2.07. The fourth-order valence-corrected chi connectivity index (χ4v) is 2.59. The van der Waals surface area contributed by atoms with E-state index in [0.717, 1.165) is 0 Å². The van der Waals surface area contributed by atoms with Gasteiger partial charge in [-0.3, -0.25) is 0 Å². The summed E-state index contributed by atoms with van der Waals surface area (Å²) in [4.78, 5) is 12.1. The van der Waals surface area contributed by atoms with Gasteiger partial charge in [-0.15, -0.1) is 0 Å². The van der Waals surface area contributed by atoms with Gasteiger partial charge in [0.15, 0.2) is 0 Å². The second-order valence-corrected chi connectivity index (χ2v) is 5.77. The fraction of sp³-hybridized carbons (Fsp3) is 0.133. The molecule has 0 saturated heterocycles. The van der Waals surface area contributed by atoms with E-state index >= 15 is 0 Å². The van der Waals surface area contributed by atoms with E-state index in [0.29, 0.717) is 27.8 Å². The number of ether oxygens (including phenoxy) is 1. The van der Waals surface area contributed by atoms with Crippen molar-refractivity contribution in [2.75, 3.05) is 11.3 Å². The monoisotopic (exact) mass is 323 g/mol. The number of hydrogen-bond donors (Lipinski definition) is 1. The van der Waals surface area contributed by atoms with Crippen molar-refractivity contribution >= 4 is 34.2 Å². The van der Waals surface area contributed by atoms with Crippen LogP contribution in [0.4, 0.5) is 5.69 Å². The molecule has 1 unspecified atom stereocenters. The maximum absolute atomic E-state index is 12.1. The Hall–Kier alpha value is -1.85. The number of rotatable bonds is 5. The number of anilines is 1. The highest BCUT2D eigenvalue weighted by atomic mass is 35.5. The van der Waals surface area contributed by atoms with Crippen LogP contribution in [0.2, 0.25) is 5.02 Å². The predicted molar refractivity (Wildman–Crippen MR) is 83.9 cm³/mol. The SMILES string of the molecule is CCOC(=O)c1ccc(NS(=O)c2ccc(Cl)cc2)cc1. The van der Waals surface area contributed by atoms with Crippen molar-refractivity contribution in [3.63, 3.8) is 0 Å². The van der Waals surface area contributed by atoms with Gasteiger partial charge in [0.1, 0.15) is 11.0 Å². The Labute approximate surface area is 130 Å². The van der Waals surface area contributed by atoms with E-state index in [1.165, 1.54) is 0 Å². The highest BCUT2D eigenvalue weighted by molar-refractivity contribution is 7.86. The molecule has 110 valence electrons. The van der Waals surface area contributed by atoms with Crippen molar-refractivity contribution in [2.24, 2.45) is 0 Å². The summed E-state index contributed by atoms with van der Waals surface area (Å²) in [6, 6.07) is 13.4. The first-order valence-electron chi connectivity index (χ1n) is 6.31. The highest BCUT2D eigenvalue weighted by Crippen LogP contribution is 2.16. The van der Waals surface area contributed by atoms with Crippen molar-refractivity contribution in [2.45, 2.75) is 11.8 Å². The second-order valence-electron chi connectivity index (χ2n) is 4.12. The van der Waals surface area contributed by atoms with Crippen molar-refractivity contribution in [1.29, 1.82) is 0 Å². The van der Waals surface area contributed by atoms with Gasteiger partial charge < -0.3 is 9.46 Å². The lowest BCUT2D eigenvalue weighted by Crippen LogP contribution is -2.06. The molecule has 0 heterocycles. The van der Waals surface area contributed by atoms with Gasteiger partial charge in [-0.25, -0.2) is 9.00 Å². The molecule has 0 bridgehead atoms. The largest absolute Gasteiger partial charge is 0.462 e. The summed E-state index contributed by atoms with van der Waals surface area (Å²) >= 11 is 5.79. The molecule has 0 fully saturated rings. The van der Waals surface area contributed by atoms with Gasteiger partial charge >= 0.3 is 5.97 Å². The summed E-state index contributed by atoms with van der Waals surface area (Å²) in [7, 11) is -1.39. The lowest BCUT2D eigenvalue weighted by Gasteiger charge is -2.07. The van der Waals surface area contributed by atoms with Gasteiger partial charge in [0, 0.05) is 10.7 Å². The molecule has 2 rings (SSSR count). The van der Waals surface area contributed by atoms with Crippen LogP contribution in [-0.4, -0.2) is 16.8 Å². The average molecular weight is 324 g/mol. The van der Waals surface area contributed by atoms with Gasteiger partial charge in [-0.1, -0.05) is 11.6 Å². The summed E-state index contributed by atoms with van der Waals surface area (Å²) < 4.78 is 19.9. The number of hydrogen-bond acceptors (Lipinski definition) is 3. The average Bonchev–Trinajstić information content (AvgIpc) is 2.49. The van der Waals surface area contributed by atoms with Crippen LogP contribution in [0.25, 0.3) is 0 Å². The van der Waals surface area contributed by atoms with Gasteiger partial charge in [0.2, 0.25) is 0 Å². The molecule has 0 aliphatic rings. The Balaban J connectivity index is 2.04. The normalized spacial score (nSPS) is 11.7. The molecule has 0 radical (unpaired) electrons. The molecule has 4 nitrogen and oxygen atoms in total. The molecule has 1 N–H and O–H groups in total. The van der Waals surface area contributed by atoms with Gasteiger partial charge in [0.25, 0.3) is 0 Å². The van der Waals surface area contributed by atoms with Gasteiger partial charge in [-0.05, 0) is 55.5 Å². The quantitative estimate of drug-likeness (QED) is 0.854. The molecular weight excluding hydrogens is 310 g/mol. The van der Waals surface area contributed by atoms with Crippen LogP contribution >= 0.6 is 11.6 Å². The molecule has 21 heavy (non-hydrogen) atoms. The number of carbonyl (C=O) groups is 1. The lowest BCUT2D eigenvalue weighted by molar-refractivity contribution is 0.0526. The molecule has 0 aliphatic carbocycles. The number of esters is 1. The zero-order valence-corrected chi connectivity index (χ0v) is 12.9. The molecular formula is C15H14ClNO3S. The number of benzene rings is 2. The van der Waals surface area contributed by atoms with Crippen molar-refractivity contribution in [1.82, 2.24) is 0 Å². The molecule has 0 aliphatic heterocycles. The Morgan fingerprint density at radius 3 is 2.33 bits per heavy atom. The third-order valence-corrected chi connectivity index (χ3v) is 4.01. The summed E-state index contributed by atoms with van der Waals surface area (Å²) in [5.74, 6) is -0.372. The zero-order chi connectivity index (χ0) is 15.2. The smallest absolute Gasteiger partial charge is 0.338 e. The Kier molecular flexibility index (Phi) is 5.36. The summed E-state index contributed by atoms with van der Waals surface area (Å²) in [5, 5.41) is 0.592. The maximum atomic E-state index is 12.1. The predicted octanol–water partition coefficient (Wildman–Crippen LogP) is 3.65. The third-order valence-electron chi connectivity index (χ3n) is 2.63. The number of halogens is 1. The van der Waals surface area contributed by atoms with E-state index in [2.05, 4.69) is 4.72 Å². The molecule has 0 aromatic heterocycles. The van der Waals surface area contributed by atoms with E-state index < -0.39 is 11.0 Å². The van der Waals surface area contributed by atoms with E-state index in [1.54, 1.807) is 55.5 Å². The van der Waals surface area contributed by atoms with E-state index in [-0.39, 0.29) is 5.97 Å². The van der Waals surface area contributed by atoms with Crippen molar-refractivity contribution in [3.05, 3.63) is 59.1 Å². The number of nitrogens with one attached hydrogen (secondary N) is 1. The van der Waals surface area contributed by atoms with E-state index in [9.17, 15) is 9.00 Å². The lowest BCUT2D eigenvalue weighted by atomic mass is 10.2. The molecule has 0 saturated carbocycles. The Morgan fingerprint density at radius 2 is 1.76 bits per heavy atom. The van der Waals surface area contributed by atoms with Crippen LogP contribution in [0.3, 0.4) is 0 Å². The van der Waals surface area contributed by atoms with Gasteiger partial charge in [-0.2, -0.15) is 0 Å². The third kappa shape index (κ3) is 4.31. The van der Waals surface area contributed by atoms with Crippen LogP contribution in [0.1, 0.15) is 17.3 Å². The molecule has 6 heteroatoms. The first-order valence-corrected chi connectivity index (χ1v) is 7.84. The van der Waals surface area contributed by atoms with Crippen LogP contribution < -0.4 is 4.72 Å². The Morgan fingerprint density at radius 1 is 1.14 bits per heavy atom. The molecule has 0 amide bonds. The summed E-state index contributed by atoms with van der Waals surface area (Å²) in [5.41, 5.74) is 1.11. The summed E-state index contributed by atoms with van der Waals surface area (Å²) in [6.45, 7) is 2.09. The zero-order valence-electron chi connectivity index (χ0n) is 11.3.